The molecule has 0 aliphatic carbocycles. The number of nitrogens with one attached hydrogen (secondary N) is 1. The van der Waals surface area contributed by atoms with E-state index in [1.165, 1.54) is 5.56 Å². The SMILES string of the molecule is COc1ccc2c(Nc3ccccc3C)ccnc2c1. The van der Waals surface area contributed by atoms with Crippen LogP contribution in [0.25, 0.3) is 10.9 Å². The monoisotopic (exact) mass is 264 g/mol. The molecule has 3 nitrogen and oxygen atoms in total. The van der Waals surface area contributed by atoms with Crippen LogP contribution in [0.2, 0.25) is 0 Å². The predicted molar refractivity (Wildman–Crippen MR) is 82.8 cm³/mol. The number of hydrogen-bond donors (Lipinski definition) is 1. The molecule has 1 N–H and O–H groups in total. The average Bonchev–Trinajstić information content (AvgIpc) is 2.49. The Morgan fingerprint density at radius 3 is 2.65 bits per heavy atom. The Bertz CT molecular complexity index is 753. The Balaban J connectivity index is 2.06. The van der Waals surface area contributed by atoms with Crippen LogP contribution in [0.4, 0.5) is 11.4 Å². The number of rotatable bonds is 3. The lowest BCUT2D eigenvalue weighted by atomic mass is 10.1. The van der Waals surface area contributed by atoms with Gasteiger partial charge in [-0.05, 0) is 36.8 Å². The maximum absolute atomic E-state index is 5.24. The van der Waals surface area contributed by atoms with Gasteiger partial charge in [-0.25, -0.2) is 0 Å². The number of aromatic nitrogens is 1. The van der Waals surface area contributed by atoms with Crippen LogP contribution in [0.3, 0.4) is 0 Å². The molecule has 1 heterocycles. The summed E-state index contributed by atoms with van der Waals surface area (Å²) in [5.41, 5.74) is 4.29. The number of ether oxygens (including phenoxy) is 1. The molecule has 0 bridgehead atoms. The zero-order valence-corrected chi connectivity index (χ0v) is 11.6. The first-order valence-corrected chi connectivity index (χ1v) is 6.53. The van der Waals surface area contributed by atoms with E-state index >= 15 is 0 Å². The molecule has 0 aliphatic rings. The third-order valence-electron chi connectivity index (χ3n) is 3.36. The highest BCUT2D eigenvalue weighted by molar-refractivity contribution is 5.93. The number of hydrogen-bond acceptors (Lipinski definition) is 3. The van der Waals surface area contributed by atoms with Crippen LogP contribution in [0.1, 0.15) is 5.56 Å². The van der Waals surface area contributed by atoms with Crippen molar-refractivity contribution in [2.45, 2.75) is 6.92 Å². The quantitative estimate of drug-likeness (QED) is 0.766. The number of aryl methyl sites for hydroxylation is 1. The first kappa shape index (κ1) is 12.5. The number of para-hydroxylation sites is 1. The van der Waals surface area contributed by atoms with E-state index in [4.69, 9.17) is 4.74 Å². The van der Waals surface area contributed by atoms with Gasteiger partial charge in [-0.15, -0.1) is 0 Å². The van der Waals surface area contributed by atoms with Crippen LogP contribution in [0.15, 0.2) is 54.7 Å². The molecule has 0 saturated heterocycles. The topological polar surface area (TPSA) is 34.1 Å². The van der Waals surface area contributed by atoms with Crippen molar-refractivity contribution < 1.29 is 4.74 Å². The van der Waals surface area contributed by atoms with Gasteiger partial charge in [0.1, 0.15) is 5.75 Å². The van der Waals surface area contributed by atoms with E-state index in [1.807, 2.05) is 42.6 Å². The Labute approximate surface area is 118 Å². The fraction of sp³-hybridized carbons (Fsp3) is 0.118. The molecule has 0 spiro atoms. The summed E-state index contributed by atoms with van der Waals surface area (Å²) in [6, 6.07) is 16.1. The molecule has 3 rings (SSSR count). The molecule has 0 amide bonds. The van der Waals surface area contributed by atoms with Gasteiger partial charge in [-0.1, -0.05) is 18.2 Å². The van der Waals surface area contributed by atoms with Crippen molar-refractivity contribution in [3.05, 3.63) is 60.3 Å². The molecule has 0 unspecified atom stereocenters. The highest BCUT2D eigenvalue weighted by Crippen LogP contribution is 2.28. The van der Waals surface area contributed by atoms with Gasteiger partial charge in [-0.3, -0.25) is 4.98 Å². The lowest BCUT2D eigenvalue weighted by Crippen LogP contribution is -1.95. The minimum atomic E-state index is 0.818. The minimum absolute atomic E-state index is 0.818. The van der Waals surface area contributed by atoms with Gasteiger partial charge in [0.25, 0.3) is 0 Å². The third kappa shape index (κ3) is 2.30. The van der Waals surface area contributed by atoms with Crippen molar-refractivity contribution in [2.24, 2.45) is 0 Å². The Hall–Kier alpha value is -2.55. The van der Waals surface area contributed by atoms with Gasteiger partial charge in [0.05, 0.1) is 12.6 Å². The normalized spacial score (nSPS) is 10.5. The van der Waals surface area contributed by atoms with Gasteiger partial charge in [0.2, 0.25) is 0 Å². The summed E-state index contributed by atoms with van der Waals surface area (Å²) in [4.78, 5) is 4.39. The molecule has 100 valence electrons. The van der Waals surface area contributed by atoms with E-state index in [1.54, 1.807) is 7.11 Å². The van der Waals surface area contributed by atoms with E-state index in [0.717, 1.165) is 28.0 Å². The molecule has 2 aromatic carbocycles. The molecule has 0 saturated carbocycles. The number of nitrogens with zero attached hydrogens (tertiary/aromatic N) is 1. The van der Waals surface area contributed by atoms with E-state index in [0.29, 0.717) is 0 Å². The van der Waals surface area contributed by atoms with Crippen LogP contribution in [-0.4, -0.2) is 12.1 Å². The molecular formula is C17H16N2O. The van der Waals surface area contributed by atoms with Gasteiger partial charge in [0.15, 0.2) is 0 Å². The molecule has 0 radical (unpaired) electrons. The van der Waals surface area contributed by atoms with Crippen LogP contribution >= 0.6 is 0 Å². The summed E-state index contributed by atoms with van der Waals surface area (Å²) in [7, 11) is 1.66. The third-order valence-corrected chi connectivity index (χ3v) is 3.36. The molecule has 0 fully saturated rings. The number of anilines is 2. The average molecular weight is 264 g/mol. The highest BCUT2D eigenvalue weighted by Gasteiger charge is 2.05. The molecule has 3 aromatic rings. The van der Waals surface area contributed by atoms with Gasteiger partial charge < -0.3 is 10.1 Å². The second-order valence-corrected chi connectivity index (χ2v) is 4.68. The van der Waals surface area contributed by atoms with Gasteiger partial charge >= 0.3 is 0 Å². The minimum Gasteiger partial charge on any atom is -0.497 e. The highest BCUT2D eigenvalue weighted by atomic mass is 16.5. The van der Waals surface area contributed by atoms with Gasteiger partial charge in [-0.2, -0.15) is 0 Å². The molecule has 20 heavy (non-hydrogen) atoms. The lowest BCUT2D eigenvalue weighted by Gasteiger charge is -2.12. The first-order valence-electron chi connectivity index (χ1n) is 6.53. The van der Waals surface area contributed by atoms with Crippen molar-refractivity contribution in [1.82, 2.24) is 4.98 Å². The van der Waals surface area contributed by atoms with E-state index in [9.17, 15) is 0 Å². The van der Waals surface area contributed by atoms with Crippen LogP contribution in [-0.2, 0) is 0 Å². The standard InChI is InChI=1S/C17H16N2O/c1-12-5-3-4-6-15(12)19-16-9-10-18-17-11-13(20-2)7-8-14(16)17/h3-11H,1-2H3,(H,18,19). The summed E-state index contributed by atoms with van der Waals surface area (Å²) < 4.78 is 5.24. The van der Waals surface area contributed by atoms with Crippen LogP contribution in [0, 0.1) is 6.92 Å². The molecule has 0 atom stereocenters. The Morgan fingerprint density at radius 1 is 1.00 bits per heavy atom. The Kier molecular flexibility index (Phi) is 3.25. The maximum Gasteiger partial charge on any atom is 0.121 e. The summed E-state index contributed by atoms with van der Waals surface area (Å²) >= 11 is 0. The van der Waals surface area contributed by atoms with Crippen LogP contribution < -0.4 is 10.1 Å². The number of methoxy groups -OCH3 is 1. The molecule has 3 heteroatoms. The number of pyridine rings is 1. The van der Waals surface area contributed by atoms with Crippen molar-refractivity contribution >= 4 is 22.3 Å². The van der Waals surface area contributed by atoms with Crippen molar-refractivity contribution in [3.8, 4) is 5.75 Å². The van der Waals surface area contributed by atoms with E-state index < -0.39 is 0 Å². The zero-order valence-electron chi connectivity index (χ0n) is 11.6. The summed E-state index contributed by atoms with van der Waals surface area (Å²) in [6.07, 6.45) is 1.81. The van der Waals surface area contributed by atoms with Crippen LogP contribution in [0.5, 0.6) is 5.75 Å². The zero-order chi connectivity index (χ0) is 13.9. The first-order chi connectivity index (χ1) is 9.78. The van der Waals surface area contributed by atoms with E-state index in [-0.39, 0.29) is 0 Å². The Morgan fingerprint density at radius 2 is 1.85 bits per heavy atom. The summed E-state index contributed by atoms with van der Waals surface area (Å²) in [5, 5.41) is 4.55. The predicted octanol–water partition coefficient (Wildman–Crippen LogP) is 4.30. The lowest BCUT2D eigenvalue weighted by molar-refractivity contribution is 0.415. The summed E-state index contributed by atoms with van der Waals surface area (Å²) in [5.74, 6) is 0.818. The smallest absolute Gasteiger partial charge is 0.121 e. The molecule has 1 aromatic heterocycles. The number of fused-ring (bicyclic) bond motifs is 1. The van der Waals surface area contributed by atoms with Crippen molar-refractivity contribution in [1.29, 1.82) is 0 Å². The fourth-order valence-corrected chi connectivity index (χ4v) is 2.22. The number of benzene rings is 2. The van der Waals surface area contributed by atoms with Crippen molar-refractivity contribution in [2.75, 3.05) is 12.4 Å². The second-order valence-electron chi connectivity index (χ2n) is 4.68. The fourth-order valence-electron chi connectivity index (χ4n) is 2.22. The molecule has 0 aliphatic heterocycles. The largest absolute Gasteiger partial charge is 0.497 e. The van der Waals surface area contributed by atoms with Gasteiger partial charge in [0, 0.05) is 29.0 Å². The second kappa shape index (κ2) is 5.21. The van der Waals surface area contributed by atoms with Crippen molar-refractivity contribution in [3.63, 3.8) is 0 Å². The molecular weight excluding hydrogens is 248 g/mol. The summed E-state index contributed by atoms with van der Waals surface area (Å²) in [6.45, 7) is 2.09. The van der Waals surface area contributed by atoms with E-state index in [2.05, 4.69) is 29.4 Å². The maximum atomic E-state index is 5.24.